The van der Waals surface area contributed by atoms with Crippen molar-refractivity contribution in [1.82, 2.24) is 0 Å². The number of hydrogen-bond donors (Lipinski definition) is 3. The minimum atomic E-state index is 0.802. The molecule has 9 heavy (non-hydrogen) atoms. The van der Waals surface area contributed by atoms with Gasteiger partial charge in [0.15, 0.2) is 0 Å². The second kappa shape index (κ2) is 46.3. The summed E-state index contributed by atoms with van der Waals surface area (Å²) >= 11 is 3.53. The van der Waals surface area contributed by atoms with Gasteiger partial charge in [0.1, 0.15) is 0 Å². The van der Waals surface area contributed by atoms with E-state index in [-0.39, 0.29) is 0 Å². The summed E-state index contributed by atoms with van der Waals surface area (Å²) in [5.41, 5.74) is 0. The van der Waals surface area contributed by atoms with Gasteiger partial charge in [0.2, 0.25) is 0 Å². The van der Waals surface area contributed by atoms with Gasteiger partial charge in [-0.05, 0) is 12.7 Å². The van der Waals surface area contributed by atoms with E-state index in [0.717, 1.165) is 13.5 Å². The van der Waals surface area contributed by atoms with Crippen LogP contribution in [0.4, 0.5) is 0 Å². The monoisotopic (exact) mass is 153 g/mol. The van der Waals surface area contributed by atoms with Gasteiger partial charge in [-0.1, -0.05) is 6.92 Å². The van der Waals surface area contributed by atoms with Crippen LogP contribution in [0.25, 0.3) is 0 Å². The van der Waals surface area contributed by atoms with Crippen LogP contribution in [0, 0.1) is 0 Å². The molecule has 0 amide bonds. The first-order valence-corrected chi connectivity index (χ1v) is 3.36. The fourth-order valence-electron chi connectivity index (χ4n) is 0.0816. The largest absolute Gasteiger partial charge is 0.411 e. The third kappa shape index (κ3) is 82.0. The maximum Gasteiger partial charge on any atom is 0.0433 e. The van der Waals surface area contributed by atoms with E-state index in [1.165, 1.54) is 6.21 Å². The van der Waals surface area contributed by atoms with Crippen molar-refractivity contribution < 1.29 is 10.3 Å². The summed E-state index contributed by atoms with van der Waals surface area (Å²) in [6.45, 7) is 1.90. The second-order valence-electron chi connectivity index (χ2n) is 0.706. The smallest absolute Gasteiger partial charge is 0.0433 e. The summed E-state index contributed by atoms with van der Waals surface area (Å²) in [4.78, 5) is 0. The van der Waals surface area contributed by atoms with Gasteiger partial charge < -0.3 is 10.3 Å². The van der Waals surface area contributed by atoms with Gasteiger partial charge in [-0.2, -0.15) is 12.6 Å². The van der Waals surface area contributed by atoms with Crippen LogP contribution in [0.15, 0.2) is 5.16 Å². The van der Waals surface area contributed by atoms with E-state index < -0.39 is 0 Å². The molecule has 4 heteroatoms. The summed E-state index contributed by atoms with van der Waals surface area (Å²) in [5, 5.41) is 17.4. The maximum absolute atomic E-state index is 7.64. The molecule has 2 N–H and O–H groups in total. The zero-order valence-corrected chi connectivity index (χ0v) is 6.97. The molecule has 0 fully saturated rings. The lowest BCUT2D eigenvalue weighted by molar-refractivity contribution is 0.320. The Bertz CT molecular complexity index is 41.9. The van der Waals surface area contributed by atoms with E-state index in [2.05, 4.69) is 17.8 Å². The highest BCUT2D eigenvalue weighted by molar-refractivity contribution is 7.79. The molecular formula is C5H15NO2S. The van der Waals surface area contributed by atoms with Gasteiger partial charge in [-0.15, -0.1) is 5.16 Å². The first-order chi connectivity index (χ1) is 4.41. The highest BCUT2D eigenvalue weighted by atomic mass is 32.1. The molecule has 0 rings (SSSR count). The van der Waals surface area contributed by atoms with Crippen molar-refractivity contribution in [2.24, 2.45) is 5.16 Å². The van der Waals surface area contributed by atoms with Crippen molar-refractivity contribution in [3.8, 4) is 0 Å². The number of oxime groups is 1. The van der Waals surface area contributed by atoms with E-state index in [0.29, 0.717) is 0 Å². The number of thiol groups is 1. The summed E-state index contributed by atoms with van der Waals surface area (Å²) in [6.07, 6.45) is 3.93. The van der Waals surface area contributed by atoms with Crippen molar-refractivity contribution >= 4 is 18.8 Å². The summed E-state index contributed by atoms with van der Waals surface area (Å²) in [7, 11) is 1.00. The van der Waals surface area contributed by atoms with Crippen molar-refractivity contribution in [3.05, 3.63) is 0 Å². The van der Waals surface area contributed by atoms with Crippen LogP contribution in [-0.2, 0) is 0 Å². The average molecular weight is 153 g/mol. The Hall–Kier alpha value is -0.220. The fraction of sp³-hybridized carbons (Fsp3) is 0.800. The van der Waals surface area contributed by atoms with E-state index in [1.807, 2.05) is 6.92 Å². The number of aliphatic hydroxyl groups excluding tert-OH is 1. The molecule has 0 aliphatic rings. The Morgan fingerprint density at radius 2 is 1.78 bits per heavy atom. The molecule has 0 aromatic rings. The Kier molecular flexibility index (Phi) is 81.8. The normalized spacial score (nSPS) is 6.78. The van der Waals surface area contributed by atoms with Gasteiger partial charge >= 0.3 is 0 Å². The number of nitrogens with zero attached hydrogens (tertiary/aromatic N) is 1. The van der Waals surface area contributed by atoms with Crippen molar-refractivity contribution in [2.45, 2.75) is 13.3 Å². The van der Waals surface area contributed by atoms with Gasteiger partial charge in [-0.3, -0.25) is 0 Å². The molecule has 0 bridgehead atoms. The van der Waals surface area contributed by atoms with Crippen molar-refractivity contribution in [1.29, 1.82) is 0 Å². The Morgan fingerprint density at radius 1 is 1.44 bits per heavy atom. The molecule has 0 aliphatic heterocycles. The molecule has 0 radical (unpaired) electrons. The van der Waals surface area contributed by atoms with Crippen LogP contribution in [-0.4, -0.2) is 29.9 Å². The Labute approximate surface area is 61.8 Å². The molecule has 0 atom stereocenters. The predicted molar refractivity (Wildman–Crippen MR) is 43.6 cm³/mol. The van der Waals surface area contributed by atoms with Gasteiger partial charge in [0, 0.05) is 13.3 Å². The maximum atomic E-state index is 7.64. The highest BCUT2D eigenvalue weighted by Crippen LogP contribution is 1.60. The summed E-state index contributed by atoms with van der Waals surface area (Å²) in [5.74, 6) is 0. The quantitative estimate of drug-likeness (QED) is 0.228. The van der Waals surface area contributed by atoms with Crippen LogP contribution in [0.3, 0.4) is 0 Å². The number of aliphatic hydroxyl groups is 1. The van der Waals surface area contributed by atoms with E-state index in [1.54, 1.807) is 6.26 Å². The third-order valence-electron chi connectivity index (χ3n) is 0.264. The minimum absolute atomic E-state index is 0.802. The van der Waals surface area contributed by atoms with Gasteiger partial charge in [0.25, 0.3) is 0 Å². The number of hydrogen-bond acceptors (Lipinski definition) is 4. The molecule has 0 aliphatic carbocycles. The molecule has 0 spiro atoms. The van der Waals surface area contributed by atoms with Crippen LogP contribution in [0.2, 0.25) is 0 Å². The molecule has 0 aromatic carbocycles. The van der Waals surface area contributed by atoms with E-state index in [9.17, 15) is 0 Å². The van der Waals surface area contributed by atoms with Crippen molar-refractivity contribution in [2.75, 3.05) is 13.4 Å². The zero-order valence-electron chi connectivity index (χ0n) is 6.07. The van der Waals surface area contributed by atoms with Crippen LogP contribution in [0.5, 0.6) is 0 Å². The average Bonchev–Trinajstić information content (AvgIpc) is 1.98. The number of rotatable bonds is 1. The fourth-order valence-corrected chi connectivity index (χ4v) is 0.0816. The molecule has 0 aromatic heterocycles. The molecule has 0 heterocycles. The summed E-state index contributed by atoms with van der Waals surface area (Å²) in [6, 6.07) is 0. The standard InChI is InChI=1S/C3H7NO.CH4O.CH4S/c1-2-3-4-5;2*1-2/h3,5H,2H2,1H3;2*2H,1H3/b4-3-;;. The molecule has 0 saturated carbocycles. The first-order valence-electron chi connectivity index (χ1n) is 2.47. The summed E-state index contributed by atoms with van der Waals surface area (Å²) < 4.78 is 0. The van der Waals surface area contributed by atoms with Gasteiger partial charge in [0.05, 0.1) is 0 Å². The predicted octanol–water partition coefficient (Wildman–Crippen LogP) is 1.01. The lowest BCUT2D eigenvalue weighted by Crippen LogP contribution is -1.61. The van der Waals surface area contributed by atoms with Crippen molar-refractivity contribution in [3.63, 3.8) is 0 Å². The zero-order chi connectivity index (χ0) is 8.12. The minimum Gasteiger partial charge on any atom is -0.411 e. The molecular weight excluding hydrogens is 138 g/mol. The van der Waals surface area contributed by atoms with E-state index in [4.69, 9.17) is 10.3 Å². The van der Waals surface area contributed by atoms with Crippen LogP contribution in [0.1, 0.15) is 13.3 Å². The molecule has 58 valence electrons. The topological polar surface area (TPSA) is 52.8 Å². The molecule has 0 saturated heterocycles. The van der Waals surface area contributed by atoms with E-state index >= 15 is 0 Å². The molecule has 0 unspecified atom stereocenters. The van der Waals surface area contributed by atoms with Crippen LogP contribution >= 0.6 is 12.6 Å². The third-order valence-corrected chi connectivity index (χ3v) is 0.264. The lowest BCUT2D eigenvalue weighted by atomic mass is 10.6. The van der Waals surface area contributed by atoms with Crippen LogP contribution < -0.4 is 0 Å². The Morgan fingerprint density at radius 3 is 1.78 bits per heavy atom. The molecule has 3 nitrogen and oxygen atoms in total. The SMILES string of the molecule is CC/C=N\O.CO.CS. The second-order valence-corrected chi connectivity index (χ2v) is 0.706. The highest BCUT2D eigenvalue weighted by Gasteiger charge is 1.55. The van der Waals surface area contributed by atoms with Gasteiger partial charge in [-0.25, -0.2) is 0 Å². The lowest BCUT2D eigenvalue weighted by Gasteiger charge is -1.64. The Balaban J connectivity index is -0.0000000771. The first kappa shape index (κ1) is 15.9.